The Kier molecular flexibility index (Phi) is 2.88. The third-order valence-corrected chi connectivity index (χ3v) is 2.46. The van der Waals surface area contributed by atoms with Crippen LogP contribution in [0.25, 0.3) is 0 Å². The fourth-order valence-electron chi connectivity index (χ4n) is 1.66. The van der Waals surface area contributed by atoms with Crippen LogP contribution in [0.3, 0.4) is 0 Å². The molecule has 15 heavy (non-hydrogen) atoms. The summed E-state index contributed by atoms with van der Waals surface area (Å²) in [4.78, 5) is 0. The molecule has 1 atom stereocenters. The summed E-state index contributed by atoms with van der Waals surface area (Å²) in [5.74, 6) is 1.76. The molecule has 0 amide bonds. The molecule has 0 bridgehead atoms. The van der Waals surface area contributed by atoms with E-state index in [0.29, 0.717) is 0 Å². The summed E-state index contributed by atoms with van der Waals surface area (Å²) in [6.45, 7) is 3.57. The lowest BCUT2D eigenvalue weighted by molar-refractivity contribution is 0.241. The topological polar surface area (TPSA) is 29.5 Å². The number of aliphatic hydroxyl groups is 1. The summed E-state index contributed by atoms with van der Waals surface area (Å²) in [6, 6.07) is 0. The van der Waals surface area contributed by atoms with E-state index in [1.807, 2.05) is 30.4 Å². The van der Waals surface area contributed by atoms with Crippen LogP contribution in [0, 0.1) is 0 Å². The molecule has 0 heterocycles. The number of hydrogen-bond donors (Lipinski definition) is 1. The molecule has 2 rings (SSSR count). The van der Waals surface area contributed by atoms with Crippen LogP contribution in [0.1, 0.15) is 12.8 Å². The number of ether oxygens (including phenoxy) is 1. The quantitative estimate of drug-likeness (QED) is 0.710. The van der Waals surface area contributed by atoms with E-state index in [2.05, 4.69) is 6.58 Å². The second kappa shape index (κ2) is 4.32. The molecule has 2 nitrogen and oxygen atoms in total. The van der Waals surface area contributed by atoms with Gasteiger partial charge in [-0.3, -0.25) is 0 Å². The molecule has 0 aliphatic heterocycles. The van der Waals surface area contributed by atoms with E-state index in [9.17, 15) is 5.11 Å². The van der Waals surface area contributed by atoms with Crippen molar-refractivity contribution >= 4 is 0 Å². The summed E-state index contributed by atoms with van der Waals surface area (Å²) in [6.07, 6.45) is 12.3. The molecule has 0 aromatic heterocycles. The van der Waals surface area contributed by atoms with Gasteiger partial charge in [0.2, 0.25) is 0 Å². The van der Waals surface area contributed by atoms with Crippen molar-refractivity contribution in [3.8, 4) is 0 Å². The first-order valence-corrected chi connectivity index (χ1v) is 5.05. The molecule has 0 aromatic rings. The summed E-state index contributed by atoms with van der Waals surface area (Å²) in [7, 11) is 0. The average molecular weight is 202 g/mol. The first-order valence-electron chi connectivity index (χ1n) is 5.05. The lowest BCUT2D eigenvalue weighted by atomic mass is 10.1. The van der Waals surface area contributed by atoms with Crippen molar-refractivity contribution in [2.24, 2.45) is 0 Å². The maximum Gasteiger partial charge on any atom is 0.113 e. The molecule has 1 N–H and O–H groups in total. The molecule has 2 aliphatic rings. The van der Waals surface area contributed by atoms with Crippen LogP contribution >= 0.6 is 0 Å². The van der Waals surface area contributed by atoms with E-state index in [0.717, 1.165) is 29.9 Å². The van der Waals surface area contributed by atoms with Crippen molar-refractivity contribution < 1.29 is 9.84 Å². The SMILES string of the molecule is C=CC(O)C1=C(OC2=CC=CC2)CC=C1. The zero-order valence-corrected chi connectivity index (χ0v) is 8.52. The van der Waals surface area contributed by atoms with Crippen LogP contribution in [-0.2, 0) is 4.74 Å². The second-order valence-corrected chi connectivity index (χ2v) is 3.53. The minimum Gasteiger partial charge on any atom is -0.465 e. The van der Waals surface area contributed by atoms with Crippen molar-refractivity contribution in [3.63, 3.8) is 0 Å². The van der Waals surface area contributed by atoms with Gasteiger partial charge in [-0.2, -0.15) is 0 Å². The summed E-state index contributed by atoms with van der Waals surface area (Å²) >= 11 is 0. The number of aliphatic hydroxyl groups excluding tert-OH is 1. The first-order chi connectivity index (χ1) is 7.31. The van der Waals surface area contributed by atoms with Crippen LogP contribution in [0.15, 0.2) is 60.1 Å². The highest BCUT2D eigenvalue weighted by Crippen LogP contribution is 2.27. The number of rotatable bonds is 4. The van der Waals surface area contributed by atoms with Crippen LogP contribution in [-0.4, -0.2) is 11.2 Å². The Bertz CT molecular complexity index is 383. The van der Waals surface area contributed by atoms with Gasteiger partial charge < -0.3 is 9.84 Å². The third kappa shape index (κ3) is 2.10. The van der Waals surface area contributed by atoms with Crippen molar-refractivity contribution in [1.29, 1.82) is 0 Å². The lowest BCUT2D eigenvalue weighted by Gasteiger charge is -2.12. The summed E-state index contributed by atoms with van der Waals surface area (Å²) < 4.78 is 5.72. The molecule has 2 aliphatic carbocycles. The van der Waals surface area contributed by atoms with Gasteiger partial charge in [0.05, 0.1) is 0 Å². The highest BCUT2D eigenvalue weighted by Gasteiger charge is 2.17. The van der Waals surface area contributed by atoms with Gasteiger partial charge in [-0.05, 0) is 6.08 Å². The molecule has 0 radical (unpaired) electrons. The van der Waals surface area contributed by atoms with Crippen molar-refractivity contribution in [3.05, 3.63) is 60.1 Å². The van der Waals surface area contributed by atoms with Crippen molar-refractivity contribution in [2.75, 3.05) is 0 Å². The van der Waals surface area contributed by atoms with Gasteiger partial charge in [-0.1, -0.05) is 30.4 Å². The Morgan fingerprint density at radius 3 is 2.93 bits per heavy atom. The molecule has 1 unspecified atom stereocenters. The van der Waals surface area contributed by atoms with Crippen LogP contribution < -0.4 is 0 Å². The fraction of sp³-hybridized carbons (Fsp3) is 0.231. The smallest absolute Gasteiger partial charge is 0.113 e. The van der Waals surface area contributed by atoms with E-state index < -0.39 is 6.10 Å². The minimum atomic E-state index is -0.631. The average Bonchev–Trinajstić information content (AvgIpc) is 2.88. The van der Waals surface area contributed by atoms with E-state index >= 15 is 0 Å². The van der Waals surface area contributed by atoms with Gasteiger partial charge in [-0.15, -0.1) is 6.58 Å². The number of hydrogen-bond acceptors (Lipinski definition) is 2. The van der Waals surface area contributed by atoms with Gasteiger partial charge in [0.15, 0.2) is 0 Å². The van der Waals surface area contributed by atoms with E-state index in [1.54, 1.807) is 0 Å². The maximum atomic E-state index is 9.66. The molecule has 78 valence electrons. The molecular formula is C13H14O2. The lowest BCUT2D eigenvalue weighted by Crippen LogP contribution is -2.06. The standard InChI is InChI=1S/C13H14O2/c1-2-12(14)11-8-5-9-13(11)15-10-6-3-4-7-10/h2-6,8,12,14H,1,7,9H2. The van der Waals surface area contributed by atoms with Crippen molar-refractivity contribution in [1.82, 2.24) is 0 Å². The van der Waals surface area contributed by atoms with Crippen molar-refractivity contribution in [2.45, 2.75) is 18.9 Å². The minimum absolute atomic E-state index is 0.631. The van der Waals surface area contributed by atoms with E-state index in [4.69, 9.17) is 4.74 Å². The Morgan fingerprint density at radius 1 is 1.40 bits per heavy atom. The highest BCUT2D eigenvalue weighted by molar-refractivity contribution is 5.37. The zero-order chi connectivity index (χ0) is 10.7. The molecule has 0 fully saturated rings. The van der Waals surface area contributed by atoms with Gasteiger partial charge >= 0.3 is 0 Å². The van der Waals surface area contributed by atoms with Gasteiger partial charge in [0.1, 0.15) is 17.6 Å². The third-order valence-electron chi connectivity index (χ3n) is 2.46. The Morgan fingerprint density at radius 2 is 2.27 bits per heavy atom. The zero-order valence-electron chi connectivity index (χ0n) is 8.52. The Hall–Kier alpha value is -1.54. The van der Waals surface area contributed by atoms with E-state index in [1.165, 1.54) is 6.08 Å². The number of allylic oxidation sites excluding steroid dienone is 4. The van der Waals surface area contributed by atoms with Gasteiger partial charge in [0, 0.05) is 18.4 Å². The predicted molar refractivity (Wildman–Crippen MR) is 59.9 cm³/mol. The van der Waals surface area contributed by atoms with Gasteiger partial charge in [-0.25, -0.2) is 0 Å². The Balaban J connectivity index is 2.10. The highest BCUT2D eigenvalue weighted by atomic mass is 16.5. The fourth-order valence-corrected chi connectivity index (χ4v) is 1.66. The van der Waals surface area contributed by atoms with Crippen LogP contribution in [0.4, 0.5) is 0 Å². The van der Waals surface area contributed by atoms with Gasteiger partial charge in [0.25, 0.3) is 0 Å². The van der Waals surface area contributed by atoms with Crippen LogP contribution in [0.2, 0.25) is 0 Å². The summed E-state index contributed by atoms with van der Waals surface area (Å²) in [5.41, 5.74) is 0.817. The first kappa shape index (κ1) is 9.99. The van der Waals surface area contributed by atoms with Crippen LogP contribution in [0.5, 0.6) is 0 Å². The second-order valence-electron chi connectivity index (χ2n) is 3.53. The molecule has 0 saturated carbocycles. The predicted octanol–water partition coefficient (Wildman–Crippen LogP) is 2.61. The molecule has 0 saturated heterocycles. The molecule has 0 aromatic carbocycles. The normalized spacial score (nSPS) is 20.7. The van der Waals surface area contributed by atoms with E-state index in [-0.39, 0.29) is 0 Å². The molecule has 0 spiro atoms. The molecular weight excluding hydrogens is 188 g/mol. The Labute approximate surface area is 89.6 Å². The largest absolute Gasteiger partial charge is 0.465 e. The monoisotopic (exact) mass is 202 g/mol. The maximum absolute atomic E-state index is 9.66. The summed E-state index contributed by atoms with van der Waals surface area (Å²) in [5, 5.41) is 9.66. The molecule has 2 heteroatoms.